The summed E-state index contributed by atoms with van der Waals surface area (Å²) in [6, 6.07) is 13.3. The number of amides is 2. The Hall–Kier alpha value is -2.82. The van der Waals surface area contributed by atoms with Crippen LogP contribution in [0.1, 0.15) is 40.9 Å². The predicted molar refractivity (Wildman–Crippen MR) is 122 cm³/mol. The Labute approximate surface area is 180 Å². The Morgan fingerprint density at radius 2 is 1.53 bits per heavy atom. The summed E-state index contributed by atoms with van der Waals surface area (Å²) in [6.45, 7) is 13.1. The van der Waals surface area contributed by atoms with Crippen molar-refractivity contribution in [3.05, 3.63) is 64.7 Å². The lowest BCUT2D eigenvalue weighted by Crippen LogP contribution is -2.56. The van der Waals surface area contributed by atoms with Gasteiger partial charge in [-0.05, 0) is 56.0 Å². The summed E-state index contributed by atoms with van der Waals surface area (Å²) in [5.74, 6) is -0.175. The van der Waals surface area contributed by atoms with Crippen LogP contribution in [0, 0.1) is 26.7 Å². The third-order valence-electron chi connectivity index (χ3n) is 6.04. The zero-order chi connectivity index (χ0) is 21.8. The zero-order valence-electron chi connectivity index (χ0n) is 18.7. The van der Waals surface area contributed by atoms with E-state index in [1.165, 1.54) is 16.8 Å². The molecule has 30 heavy (non-hydrogen) atoms. The van der Waals surface area contributed by atoms with E-state index in [1.54, 1.807) is 12.1 Å². The maximum Gasteiger partial charge on any atom is 0.251 e. The van der Waals surface area contributed by atoms with E-state index in [4.69, 9.17) is 0 Å². The third kappa shape index (κ3) is 4.84. The number of hydrogen-bond donors (Lipinski definition) is 1. The third-order valence-corrected chi connectivity index (χ3v) is 6.04. The lowest BCUT2D eigenvalue weighted by molar-refractivity contribution is -0.134. The Balaban J connectivity index is 1.64. The van der Waals surface area contributed by atoms with Crippen molar-refractivity contribution in [3.8, 4) is 0 Å². The van der Waals surface area contributed by atoms with E-state index in [2.05, 4.69) is 42.3 Å². The number of hydrogen-bond acceptors (Lipinski definition) is 3. The Morgan fingerprint density at radius 1 is 0.900 bits per heavy atom. The van der Waals surface area contributed by atoms with Crippen molar-refractivity contribution in [1.29, 1.82) is 0 Å². The van der Waals surface area contributed by atoms with Crippen molar-refractivity contribution < 1.29 is 9.59 Å². The van der Waals surface area contributed by atoms with Gasteiger partial charge in [-0.25, -0.2) is 0 Å². The summed E-state index contributed by atoms with van der Waals surface area (Å²) in [6.07, 6.45) is 0. The van der Waals surface area contributed by atoms with Crippen LogP contribution in [-0.2, 0) is 4.79 Å². The number of anilines is 1. The molecule has 0 radical (unpaired) electrons. The normalized spacial score (nSPS) is 15.3. The van der Waals surface area contributed by atoms with Crippen LogP contribution in [0.15, 0.2) is 42.5 Å². The lowest BCUT2D eigenvalue weighted by atomic mass is 10.0. The minimum atomic E-state index is -0.522. The molecule has 0 aliphatic carbocycles. The summed E-state index contributed by atoms with van der Waals surface area (Å²) < 4.78 is 0. The van der Waals surface area contributed by atoms with E-state index in [0.29, 0.717) is 18.7 Å². The number of carbonyl (C=O) groups is 2. The molecule has 0 aromatic heterocycles. The highest BCUT2D eigenvalue weighted by Crippen LogP contribution is 2.24. The SMILES string of the molecule is Cc1ccc(C(=O)N[C@H](C(=O)N2CCN(c3cccc(C)c3C)CC2)C(C)C)cc1. The molecule has 1 atom stereocenters. The average Bonchev–Trinajstić information content (AvgIpc) is 2.74. The number of piperazine rings is 1. The molecule has 0 bridgehead atoms. The molecule has 1 fully saturated rings. The molecule has 0 saturated carbocycles. The minimum Gasteiger partial charge on any atom is -0.368 e. The van der Waals surface area contributed by atoms with Crippen molar-refractivity contribution in [2.45, 2.75) is 40.7 Å². The second kappa shape index (κ2) is 9.33. The van der Waals surface area contributed by atoms with E-state index in [0.717, 1.165) is 18.7 Å². The van der Waals surface area contributed by atoms with Gasteiger partial charge in [-0.3, -0.25) is 9.59 Å². The molecule has 1 aliphatic heterocycles. The first-order chi connectivity index (χ1) is 14.3. The Bertz CT molecular complexity index is 897. The monoisotopic (exact) mass is 407 g/mol. The fourth-order valence-corrected chi connectivity index (χ4v) is 3.89. The van der Waals surface area contributed by atoms with Gasteiger partial charge >= 0.3 is 0 Å². The van der Waals surface area contributed by atoms with Crippen molar-refractivity contribution in [2.75, 3.05) is 31.1 Å². The number of benzene rings is 2. The number of nitrogens with one attached hydrogen (secondary N) is 1. The predicted octanol–water partition coefficient (Wildman–Crippen LogP) is 3.72. The van der Waals surface area contributed by atoms with Crippen LogP contribution in [0.25, 0.3) is 0 Å². The maximum absolute atomic E-state index is 13.2. The molecule has 1 saturated heterocycles. The van der Waals surface area contributed by atoms with Crippen LogP contribution in [0.5, 0.6) is 0 Å². The van der Waals surface area contributed by atoms with Crippen molar-refractivity contribution in [3.63, 3.8) is 0 Å². The van der Waals surface area contributed by atoms with E-state index in [1.807, 2.05) is 37.8 Å². The number of nitrogens with zero attached hydrogens (tertiary/aromatic N) is 2. The molecule has 2 aromatic carbocycles. The summed E-state index contributed by atoms with van der Waals surface area (Å²) >= 11 is 0. The highest BCUT2D eigenvalue weighted by Gasteiger charge is 2.31. The molecule has 2 amide bonds. The molecular formula is C25H33N3O2. The van der Waals surface area contributed by atoms with Crippen LogP contribution >= 0.6 is 0 Å². The van der Waals surface area contributed by atoms with Crippen molar-refractivity contribution >= 4 is 17.5 Å². The smallest absolute Gasteiger partial charge is 0.251 e. The van der Waals surface area contributed by atoms with Gasteiger partial charge in [-0.1, -0.05) is 43.7 Å². The second-order valence-electron chi connectivity index (χ2n) is 8.59. The van der Waals surface area contributed by atoms with Gasteiger partial charge in [0, 0.05) is 37.4 Å². The number of rotatable bonds is 5. The van der Waals surface area contributed by atoms with Crippen molar-refractivity contribution in [2.24, 2.45) is 5.92 Å². The van der Waals surface area contributed by atoms with Gasteiger partial charge in [0.2, 0.25) is 5.91 Å². The molecule has 3 rings (SSSR count). The van der Waals surface area contributed by atoms with Crippen molar-refractivity contribution in [1.82, 2.24) is 10.2 Å². The van der Waals surface area contributed by atoms with Crippen LogP contribution in [0.2, 0.25) is 0 Å². The average molecular weight is 408 g/mol. The van der Waals surface area contributed by atoms with Gasteiger partial charge in [0.05, 0.1) is 0 Å². The fraction of sp³-hybridized carbons (Fsp3) is 0.440. The molecule has 160 valence electrons. The van der Waals surface area contributed by atoms with Gasteiger partial charge in [0.15, 0.2) is 0 Å². The zero-order valence-corrected chi connectivity index (χ0v) is 18.7. The molecule has 0 unspecified atom stereocenters. The van der Waals surface area contributed by atoms with Gasteiger partial charge in [0.1, 0.15) is 6.04 Å². The first-order valence-electron chi connectivity index (χ1n) is 10.8. The van der Waals surface area contributed by atoms with Crippen LogP contribution in [-0.4, -0.2) is 48.9 Å². The minimum absolute atomic E-state index is 0.00563. The van der Waals surface area contributed by atoms with Gasteiger partial charge in [-0.2, -0.15) is 0 Å². The van der Waals surface area contributed by atoms with E-state index < -0.39 is 6.04 Å². The van der Waals surface area contributed by atoms with Crippen LogP contribution < -0.4 is 10.2 Å². The summed E-state index contributed by atoms with van der Waals surface area (Å²) in [5, 5.41) is 2.97. The topological polar surface area (TPSA) is 52.7 Å². The molecule has 1 heterocycles. The Kier molecular flexibility index (Phi) is 6.80. The summed E-state index contributed by atoms with van der Waals surface area (Å²) in [5.41, 5.74) is 5.51. The number of aryl methyl sites for hydroxylation is 2. The molecule has 0 spiro atoms. The summed E-state index contributed by atoms with van der Waals surface area (Å²) in [4.78, 5) is 30.1. The highest BCUT2D eigenvalue weighted by atomic mass is 16.2. The quantitative estimate of drug-likeness (QED) is 0.822. The van der Waals surface area contributed by atoms with Gasteiger partial charge < -0.3 is 15.1 Å². The van der Waals surface area contributed by atoms with Crippen LogP contribution in [0.3, 0.4) is 0 Å². The second-order valence-corrected chi connectivity index (χ2v) is 8.59. The van der Waals surface area contributed by atoms with E-state index in [-0.39, 0.29) is 17.7 Å². The lowest BCUT2D eigenvalue weighted by Gasteiger charge is -2.39. The molecule has 5 heteroatoms. The first kappa shape index (κ1) is 21.9. The standard InChI is InChI=1S/C25H33N3O2/c1-17(2)23(26-24(29)21-11-9-18(3)10-12-21)25(30)28-15-13-27(14-16-28)22-8-6-7-19(4)20(22)5/h6-12,17,23H,13-16H2,1-5H3,(H,26,29)/t23-/m0/s1. The highest BCUT2D eigenvalue weighted by molar-refractivity contribution is 5.97. The maximum atomic E-state index is 13.2. The van der Waals surface area contributed by atoms with E-state index in [9.17, 15) is 9.59 Å². The molecular weight excluding hydrogens is 374 g/mol. The molecule has 1 aliphatic rings. The van der Waals surface area contributed by atoms with Crippen LogP contribution in [0.4, 0.5) is 5.69 Å². The molecule has 1 N–H and O–H groups in total. The molecule has 5 nitrogen and oxygen atoms in total. The van der Waals surface area contributed by atoms with E-state index >= 15 is 0 Å². The summed E-state index contributed by atoms with van der Waals surface area (Å²) in [7, 11) is 0. The van der Waals surface area contributed by atoms with Gasteiger partial charge in [0.25, 0.3) is 5.91 Å². The molecule has 2 aromatic rings. The Morgan fingerprint density at radius 3 is 2.13 bits per heavy atom. The van der Waals surface area contributed by atoms with Gasteiger partial charge in [-0.15, -0.1) is 0 Å². The first-order valence-corrected chi connectivity index (χ1v) is 10.8. The largest absolute Gasteiger partial charge is 0.368 e. The number of carbonyl (C=O) groups excluding carboxylic acids is 2. The fourth-order valence-electron chi connectivity index (χ4n) is 3.89.